The van der Waals surface area contributed by atoms with Crippen LogP contribution in [0.4, 0.5) is 5.95 Å². The summed E-state index contributed by atoms with van der Waals surface area (Å²) < 4.78 is 1.90. The third kappa shape index (κ3) is 2.95. The van der Waals surface area contributed by atoms with E-state index in [9.17, 15) is 4.79 Å². The zero-order valence-corrected chi connectivity index (χ0v) is 14.4. The lowest BCUT2D eigenvalue weighted by Gasteiger charge is -2.32. The minimum Gasteiger partial charge on any atom is -0.353 e. The molecule has 6 nitrogen and oxygen atoms in total. The molecule has 1 saturated heterocycles. The van der Waals surface area contributed by atoms with E-state index in [4.69, 9.17) is 11.6 Å². The Labute approximate surface area is 146 Å². The summed E-state index contributed by atoms with van der Waals surface area (Å²) in [6, 6.07) is 4.07. The van der Waals surface area contributed by atoms with Crippen LogP contribution in [-0.2, 0) is 4.79 Å². The van der Waals surface area contributed by atoms with Crippen LogP contribution in [-0.4, -0.2) is 39.6 Å². The average molecular weight is 348 g/mol. The minimum atomic E-state index is 0.0193. The van der Waals surface area contributed by atoms with E-state index in [0.29, 0.717) is 23.3 Å². The molecule has 128 valence electrons. The van der Waals surface area contributed by atoms with E-state index in [1.54, 1.807) is 0 Å². The number of carbonyl (C=O) groups excluding carboxylic acids is 1. The van der Waals surface area contributed by atoms with Crippen molar-refractivity contribution in [3.63, 3.8) is 0 Å². The molecular formula is C17H22ClN5O. The van der Waals surface area contributed by atoms with Gasteiger partial charge in [-0.25, -0.2) is 0 Å². The quantitative estimate of drug-likeness (QED) is 0.927. The molecule has 0 bridgehead atoms. The number of anilines is 1. The molecule has 1 saturated carbocycles. The summed E-state index contributed by atoms with van der Waals surface area (Å²) in [5.74, 6) is 0.982. The molecule has 24 heavy (non-hydrogen) atoms. The van der Waals surface area contributed by atoms with Gasteiger partial charge in [-0.05, 0) is 37.8 Å². The van der Waals surface area contributed by atoms with E-state index in [1.807, 2.05) is 22.7 Å². The highest BCUT2D eigenvalue weighted by Crippen LogP contribution is 2.25. The molecular weight excluding hydrogens is 326 g/mol. The number of hydrogen-bond donors (Lipinski definition) is 1. The first-order valence-electron chi connectivity index (χ1n) is 8.77. The molecule has 2 fully saturated rings. The number of fused-ring (bicyclic) bond motifs is 1. The average Bonchev–Trinajstić information content (AvgIpc) is 3.25. The van der Waals surface area contributed by atoms with Crippen molar-refractivity contribution in [1.29, 1.82) is 0 Å². The van der Waals surface area contributed by atoms with E-state index < -0.39 is 0 Å². The maximum atomic E-state index is 12.6. The van der Waals surface area contributed by atoms with E-state index in [1.165, 1.54) is 12.8 Å². The monoisotopic (exact) mass is 347 g/mol. The van der Waals surface area contributed by atoms with Crippen molar-refractivity contribution in [2.24, 2.45) is 5.92 Å². The topological polar surface area (TPSA) is 62.5 Å². The number of hydrogen-bond acceptors (Lipinski definition) is 4. The van der Waals surface area contributed by atoms with E-state index >= 15 is 0 Å². The molecule has 2 aromatic rings. The van der Waals surface area contributed by atoms with Gasteiger partial charge in [-0.1, -0.05) is 24.4 Å². The number of pyridine rings is 1. The molecule has 0 spiro atoms. The second-order valence-electron chi connectivity index (χ2n) is 6.82. The number of halogens is 1. The predicted molar refractivity (Wildman–Crippen MR) is 93.3 cm³/mol. The van der Waals surface area contributed by atoms with Crippen LogP contribution in [0.5, 0.6) is 0 Å². The van der Waals surface area contributed by atoms with Gasteiger partial charge in [-0.15, -0.1) is 10.2 Å². The SMILES string of the molecule is O=C(NC1CCCC1)[C@@H]1CCCN(c2nnc3c(Cl)cccn23)C1. The van der Waals surface area contributed by atoms with Crippen LogP contribution in [0.15, 0.2) is 18.3 Å². The molecule has 1 atom stereocenters. The maximum absolute atomic E-state index is 12.6. The summed E-state index contributed by atoms with van der Waals surface area (Å²) in [7, 11) is 0. The van der Waals surface area contributed by atoms with E-state index in [0.717, 1.165) is 38.2 Å². The third-order valence-electron chi connectivity index (χ3n) is 5.15. The Bertz CT molecular complexity index is 740. The summed E-state index contributed by atoms with van der Waals surface area (Å²) >= 11 is 6.18. The number of nitrogens with one attached hydrogen (secondary N) is 1. The Morgan fingerprint density at radius 3 is 2.88 bits per heavy atom. The minimum absolute atomic E-state index is 0.0193. The highest BCUT2D eigenvalue weighted by atomic mass is 35.5. The van der Waals surface area contributed by atoms with Gasteiger partial charge >= 0.3 is 0 Å². The molecule has 0 radical (unpaired) electrons. The highest BCUT2D eigenvalue weighted by molar-refractivity contribution is 6.33. The summed E-state index contributed by atoms with van der Waals surface area (Å²) in [6.07, 6.45) is 8.54. The number of nitrogens with zero attached hydrogens (tertiary/aromatic N) is 4. The Morgan fingerprint density at radius 1 is 1.21 bits per heavy atom. The molecule has 2 aromatic heterocycles. The molecule has 1 aliphatic heterocycles. The van der Waals surface area contributed by atoms with Gasteiger partial charge in [0.25, 0.3) is 0 Å². The smallest absolute Gasteiger partial charge is 0.231 e. The van der Waals surface area contributed by atoms with E-state index in [2.05, 4.69) is 20.4 Å². The lowest BCUT2D eigenvalue weighted by molar-refractivity contribution is -0.125. The van der Waals surface area contributed by atoms with Crippen LogP contribution in [0.3, 0.4) is 0 Å². The van der Waals surface area contributed by atoms with Crippen LogP contribution in [0.1, 0.15) is 38.5 Å². The second kappa shape index (κ2) is 6.59. The molecule has 0 aromatic carbocycles. The normalized spacial score (nSPS) is 22.2. The zero-order chi connectivity index (χ0) is 16.5. The van der Waals surface area contributed by atoms with Gasteiger partial charge in [-0.3, -0.25) is 9.20 Å². The fourth-order valence-electron chi connectivity index (χ4n) is 3.85. The van der Waals surface area contributed by atoms with Gasteiger partial charge in [0, 0.05) is 25.3 Å². The largest absolute Gasteiger partial charge is 0.353 e. The summed E-state index contributed by atoms with van der Waals surface area (Å²) in [5, 5.41) is 12.3. The van der Waals surface area contributed by atoms with Crippen LogP contribution < -0.4 is 10.2 Å². The Kier molecular flexibility index (Phi) is 4.31. The lowest BCUT2D eigenvalue weighted by atomic mass is 9.97. The number of amides is 1. The molecule has 4 rings (SSSR count). The maximum Gasteiger partial charge on any atom is 0.231 e. The van der Waals surface area contributed by atoms with Gasteiger partial charge in [0.1, 0.15) is 0 Å². The lowest BCUT2D eigenvalue weighted by Crippen LogP contribution is -2.46. The van der Waals surface area contributed by atoms with Crippen molar-refractivity contribution in [3.8, 4) is 0 Å². The summed E-state index contributed by atoms with van der Waals surface area (Å²) in [5.41, 5.74) is 0.659. The Morgan fingerprint density at radius 2 is 2.04 bits per heavy atom. The van der Waals surface area contributed by atoms with Gasteiger partial charge in [0.2, 0.25) is 11.9 Å². The van der Waals surface area contributed by atoms with Crippen LogP contribution in [0, 0.1) is 5.92 Å². The second-order valence-corrected chi connectivity index (χ2v) is 7.23. The van der Waals surface area contributed by atoms with Gasteiger partial charge in [0.05, 0.1) is 10.9 Å². The van der Waals surface area contributed by atoms with Crippen molar-refractivity contribution < 1.29 is 4.79 Å². The van der Waals surface area contributed by atoms with E-state index in [-0.39, 0.29) is 11.8 Å². The molecule has 3 heterocycles. The molecule has 1 amide bonds. The summed E-state index contributed by atoms with van der Waals surface area (Å²) in [4.78, 5) is 14.7. The standard InChI is InChI=1S/C17H22ClN5O/c18-14-8-4-10-23-15(14)20-21-17(23)22-9-3-5-12(11-22)16(24)19-13-6-1-2-7-13/h4,8,10,12-13H,1-3,5-7,9,11H2,(H,19,24)/t12-/m1/s1. The number of aromatic nitrogens is 3. The van der Waals surface area contributed by atoms with Gasteiger partial charge in [0.15, 0.2) is 5.65 Å². The first-order chi connectivity index (χ1) is 11.7. The van der Waals surface area contributed by atoms with Crippen LogP contribution >= 0.6 is 11.6 Å². The number of piperidine rings is 1. The summed E-state index contributed by atoms with van der Waals surface area (Å²) in [6.45, 7) is 1.58. The number of rotatable bonds is 3. The molecule has 0 unspecified atom stereocenters. The molecule has 2 aliphatic rings. The van der Waals surface area contributed by atoms with Crippen LogP contribution in [0.2, 0.25) is 5.02 Å². The third-order valence-corrected chi connectivity index (χ3v) is 5.44. The fourth-order valence-corrected chi connectivity index (χ4v) is 4.05. The zero-order valence-electron chi connectivity index (χ0n) is 13.6. The first kappa shape index (κ1) is 15.7. The van der Waals surface area contributed by atoms with Crippen LogP contribution in [0.25, 0.3) is 5.65 Å². The van der Waals surface area contributed by atoms with Gasteiger partial charge < -0.3 is 10.2 Å². The number of carbonyl (C=O) groups is 1. The first-order valence-corrected chi connectivity index (χ1v) is 9.15. The van der Waals surface area contributed by atoms with Crippen molar-refractivity contribution in [2.75, 3.05) is 18.0 Å². The Balaban J connectivity index is 1.49. The van der Waals surface area contributed by atoms with Crippen molar-refractivity contribution in [2.45, 2.75) is 44.6 Å². The highest BCUT2D eigenvalue weighted by Gasteiger charge is 2.30. The fraction of sp³-hybridized carbons (Fsp3) is 0.588. The molecule has 1 aliphatic carbocycles. The van der Waals surface area contributed by atoms with Gasteiger partial charge in [-0.2, -0.15) is 0 Å². The van der Waals surface area contributed by atoms with Crippen molar-refractivity contribution in [3.05, 3.63) is 23.4 Å². The molecule has 7 heteroatoms. The Hall–Kier alpha value is -1.82. The van der Waals surface area contributed by atoms with Crippen molar-refractivity contribution >= 4 is 29.1 Å². The van der Waals surface area contributed by atoms with Crippen molar-refractivity contribution in [1.82, 2.24) is 19.9 Å². The predicted octanol–water partition coefficient (Wildman–Crippen LogP) is 2.66. The molecule has 1 N–H and O–H groups in total.